The third-order valence-corrected chi connectivity index (χ3v) is 5.23. The van der Waals surface area contributed by atoms with E-state index in [9.17, 15) is 4.79 Å². The van der Waals surface area contributed by atoms with Crippen molar-refractivity contribution >= 4 is 42.0 Å². The maximum atomic E-state index is 12.4. The van der Waals surface area contributed by atoms with Crippen molar-refractivity contribution in [2.75, 3.05) is 0 Å². The molecule has 0 spiro atoms. The second-order valence-electron chi connectivity index (χ2n) is 7.00. The number of thiol groups is 2. The van der Waals surface area contributed by atoms with Gasteiger partial charge in [0, 0.05) is 9.79 Å². The van der Waals surface area contributed by atoms with Crippen LogP contribution in [0.25, 0.3) is 10.8 Å². The topological polar surface area (TPSA) is 26.3 Å². The zero-order valence-corrected chi connectivity index (χ0v) is 16.1. The monoisotopic (exact) mass is 348 g/mol. The molecule has 2 aromatic carbocycles. The summed E-state index contributed by atoms with van der Waals surface area (Å²) in [5.74, 6) is -0.181. The zero-order chi connectivity index (χ0) is 17.4. The van der Waals surface area contributed by atoms with Gasteiger partial charge in [-0.2, -0.15) is 0 Å². The molecule has 0 saturated carbocycles. The van der Waals surface area contributed by atoms with Crippen molar-refractivity contribution in [3.63, 3.8) is 0 Å². The van der Waals surface area contributed by atoms with Gasteiger partial charge in [-0.3, -0.25) is 4.79 Å². The largest absolute Gasteiger partial charge is 0.454 e. The molecular formula is C19H24O2S2. The Hall–Kier alpha value is -1.13. The van der Waals surface area contributed by atoms with Crippen molar-refractivity contribution in [2.24, 2.45) is 5.41 Å². The van der Waals surface area contributed by atoms with Crippen LogP contribution in [0.15, 0.2) is 40.1 Å². The molecule has 0 aliphatic carbocycles. The van der Waals surface area contributed by atoms with Gasteiger partial charge in [-0.15, -0.1) is 25.3 Å². The lowest BCUT2D eigenvalue weighted by Crippen LogP contribution is -2.33. The number of ether oxygens (including phenoxy) is 1. The number of carbonyl (C=O) groups is 1. The molecule has 0 atom stereocenters. The van der Waals surface area contributed by atoms with Crippen LogP contribution < -0.4 is 0 Å². The van der Waals surface area contributed by atoms with Gasteiger partial charge in [0.2, 0.25) is 0 Å². The van der Waals surface area contributed by atoms with Crippen molar-refractivity contribution in [1.82, 2.24) is 0 Å². The van der Waals surface area contributed by atoms with E-state index in [0.717, 1.165) is 32.5 Å². The summed E-state index contributed by atoms with van der Waals surface area (Å²) in [6.45, 7) is 9.64. The quantitative estimate of drug-likeness (QED) is 0.553. The molecule has 0 aliphatic rings. The Morgan fingerprint density at radius 3 is 2.13 bits per heavy atom. The average molecular weight is 349 g/mol. The number of fused-ring (bicyclic) bond motifs is 1. The third-order valence-electron chi connectivity index (χ3n) is 4.45. The van der Waals surface area contributed by atoms with E-state index in [-0.39, 0.29) is 5.97 Å². The Balaban J connectivity index is 2.42. The maximum absolute atomic E-state index is 12.4. The molecule has 0 radical (unpaired) electrons. The molecule has 0 amide bonds. The lowest BCUT2D eigenvalue weighted by molar-refractivity contribution is -0.168. The number of benzene rings is 2. The second-order valence-corrected chi connectivity index (χ2v) is 7.97. The van der Waals surface area contributed by atoms with Crippen molar-refractivity contribution in [2.45, 2.75) is 56.4 Å². The van der Waals surface area contributed by atoms with E-state index in [1.807, 2.05) is 65.0 Å². The van der Waals surface area contributed by atoms with Crippen molar-refractivity contribution in [3.05, 3.63) is 35.9 Å². The van der Waals surface area contributed by atoms with Gasteiger partial charge in [0.05, 0.1) is 5.41 Å². The summed E-state index contributed by atoms with van der Waals surface area (Å²) >= 11 is 9.02. The van der Waals surface area contributed by atoms with Gasteiger partial charge in [-0.25, -0.2) is 0 Å². The molecule has 2 aromatic rings. The normalized spacial score (nSPS) is 12.5. The minimum atomic E-state index is -0.704. The summed E-state index contributed by atoms with van der Waals surface area (Å²) in [5.41, 5.74) is -0.245. The molecule has 0 aromatic heterocycles. The average Bonchev–Trinajstić information content (AvgIpc) is 2.50. The summed E-state index contributed by atoms with van der Waals surface area (Å²) in [4.78, 5) is 14.2. The van der Waals surface area contributed by atoms with Crippen molar-refractivity contribution in [1.29, 1.82) is 0 Å². The molecule has 0 N–H and O–H groups in total. The van der Waals surface area contributed by atoms with Gasteiger partial charge in [0.15, 0.2) is 0 Å². The Morgan fingerprint density at radius 1 is 1.00 bits per heavy atom. The molecule has 0 fully saturated rings. The third kappa shape index (κ3) is 3.69. The smallest absolute Gasteiger partial charge is 0.312 e. The number of rotatable bonds is 4. The second kappa shape index (κ2) is 6.40. The lowest BCUT2D eigenvalue weighted by atomic mass is 9.89. The van der Waals surface area contributed by atoms with E-state index in [2.05, 4.69) is 25.3 Å². The number of carbonyl (C=O) groups excluding carboxylic acids is 1. The Morgan fingerprint density at radius 2 is 1.57 bits per heavy atom. The van der Waals surface area contributed by atoms with Crippen LogP contribution >= 0.6 is 25.3 Å². The van der Waals surface area contributed by atoms with Gasteiger partial charge in [-0.05, 0) is 68.7 Å². The highest BCUT2D eigenvalue weighted by Gasteiger charge is 2.33. The fourth-order valence-corrected chi connectivity index (χ4v) is 2.79. The van der Waals surface area contributed by atoms with Crippen LogP contribution in [0.4, 0.5) is 0 Å². The predicted octanol–water partition coefficient (Wildman–Crippen LogP) is 5.63. The van der Waals surface area contributed by atoms with Crippen LogP contribution in [0.1, 0.15) is 46.6 Å². The highest BCUT2D eigenvalue weighted by atomic mass is 32.1. The predicted molar refractivity (Wildman–Crippen MR) is 102 cm³/mol. The van der Waals surface area contributed by atoms with Gasteiger partial charge < -0.3 is 4.74 Å². The molecule has 0 heterocycles. The molecule has 124 valence electrons. The first-order chi connectivity index (χ1) is 10.6. The molecule has 2 rings (SSSR count). The number of esters is 1. The molecule has 0 saturated heterocycles. The summed E-state index contributed by atoms with van der Waals surface area (Å²) in [7, 11) is 0. The highest BCUT2D eigenvalue weighted by Crippen LogP contribution is 2.35. The molecule has 23 heavy (non-hydrogen) atoms. The first-order valence-corrected chi connectivity index (χ1v) is 8.66. The Bertz CT molecular complexity index is 748. The Labute approximate surface area is 149 Å². The number of hydrogen-bond donors (Lipinski definition) is 2. The van der Waals surface area contributed by atoms with Crippen LogP contribution in [-0.4, -0.2) is 5.97 Å². The molecule has 0 aliphatic heterocycles. The van der Waals surface area contributed by atoms with Gasteiger partial charge in [0.1, 0.15) is 5.60 Å². The fraction of sp³-hybridized carbons (Fsp3) is 0.421. The van der Waals surface area contributed by atoms with E-state index in [1.165, 1.54) is 0 Å². The summed E-state index contributed by atoms with van der Waals surface area (Å²) < 4.78 is 5.82. The van der Waals surface area contributed by atoms with Gasteiger partial charge in [0.25, 0.3) is 0 Å². The summed E-state index contributed by atoms with van der Waals surface area (Å²) in [5, 5.41) is 2.05. The van der Waals surface area contributed by atoms with E-state index in [1.54, 1.807) is 0 Å². The van der Waals surface area contributed by atoms with E-state index < -0.39 is 11.0 Å². The highest BCUT2D eigenvalue weighted by molar-refractivity contribution is 7.81. The van der Waals surface area contributed by atoms with Crippen molar-refractivity contribution in [3.8, 4) is 0 Å². The molecule has 4 heteroatoms. The van der Waals surface area contributed by atoms with E-state index in [4.69, 9.17) is 4.74 Å². The van der Waals surface area contributed by atoms with E-state index in [0.29, 0.717) is 0 Å². The minimum Gasteiger partial charge on any atom is -0.454 e. The van der Waals surface area contributed by atoms with Crippen LogP contribution in [0.2, 0.25) is 0 Å². The summed E-state index contributed by atoms with van der Waals surface area (Å²) in [6, 6.07) is 9.89. The van der Waals surface area contributed by atoms with Crippen LogP contribution in [0.5, 0.6) is 0 Å². The Kier molecular flexibility index (Phi) is 5.07. The SMILES string of the molecule is CCC(C)(C)C(=O)OC(C)(C)c1ccc2c(S)ccc(S)c2c1. The molecule has 0 bridgehead atoms. The lowest BCUT2D eigenvalue weighted by Gasteiger charge is -2.31. The van der Waals surface area contributed by atoms with Crippen LogP contribution in [0.3, 0.4) is 0 Å². The van der Waals surface area contributed by atoms with Crippen molar-refractivity contribution < 1.29 is 9.53 Å². The molecule has 2 nitrogen and oxygen atoms in total. The zero-order valence-electron chi connectivity index (χ0n) is 14.3. The van der Waals surface area contributed by atoms with Crippen LogP contribution in [0, 0.1) is 5.41 Å². The first-order valence-electron chi connectivity index (χ1n) is 7.77. The fourth-order valence-electron chi connectivity index (χ4n) is 2.26. The summed E-state index contributed by atoms with van der Waals surface area (Å²) in [6.07, 6.45) is 0.740. The maximum Gasteiger partial charge on any atom is 0.312 e. The molecular weight excluding hydrogens is 324 g/mol. The first kappa shape index (κ1) is 18.2. The van der Waals surface area contributed by atoms with E-state index >= 15 is 0 Å². The van der Waals surface area contributed by atoms with Gasteiger partial charge in [-0.1, -0.05) is 19.1 Å². The van der Waals surface area contributed by atoms with Gasteiger partial charge >= 0.3 is 5.97 Å². The minimum absolute atomic E-state index is 0.181. The number of hydrogen-bond acceptors (Lipinski definition) is 4. The molecule has 0 unspecified atom stereocenters. The van der Waals surface area contributed by atoms with Crippen LogP contribution in [-0.2, 0) is 15.1 Å². The standard InChI is InChI=1S/C19H24O2S2/c1-6-18(2,3)17(20)21-19(4,5)12-7-8-13-14(11-12)16(23)10-9-15(13)22/h7-11,22-23H,6H2,1-5H3.